The second-order valence-corrected chi connectivity index (χ2v) is 7.93. The van der Waals surface area contributed by atoms with E-state index in [1.807, 2.05) is 18.2 Å². The molecule has 5 heteroatoms. The Kier molecular flexibility index (Phi) is 4.80. The number of carbonyl (C=O) groups is 1. The van der Waals surface area contributed by atoms with Crippen LogP contribution in [0.1, 0.15) is 32.6 Å². The number of carbonyl (C=O) groups excluding carboxylic acids is 1. The van der Waals surface area contributed by atoms with Crippen molar-refractivity contribution >= 4 is 39.2 Å². The molecule has 0 unspecified atom stereocenters. The van der Waals surface area contributed by atoms with E-state index in [9.17, 15) is 4.79 Å². The summed E-state index contributed by atoms with van der Waals surface area (Å²) >= 11 is 3.20. The van der Waals surface area contributed by atoms with Crippen molar-refractivity contribution in [3.8, 4) is 0 Å². The highest BCUT2D eigenvalue weighted by Gasteiger charge is 2.22. The number of nitrogens with zero attached hydrogens (tertiary/aromatic N) is 1. The Bertz CT molecular complexity index is 593. The minimum atomic E-state index is 0.137. The van der Waals surface area contributed by atoms with Crippen molar-refractivity contribution in [3.63, 3.8) is 0 Å². The number of nitrogens with one attached hydrogen (secondary N) is 1. The molecule has 21 heavy (non-hydrogen) atoms. The zero-order valence-electron chi connectivity index (χ0n) is 12.2. The van der Waals surface area contributed by atoms with Gasteiger partial charge < -0.3 is 5.32 Å². The predicted molar refractivity (Wildman–Crippen MR) is 89.9 cm³/mol. The van der Waals surface area contributed by atoms with E-state index in [2.05, 4.69) is 23.3 Å². The highest BCUT2D eigenvalue weighted by atomic mass is 32.2. The molecule has 0 radical (unpaired) electrons. The third kappa shape index (κ3) is 3.77. The summed E-state index contributed by atoms with van der Waals surface area (Å²) in [6.45, 7) is 2.24. The number of amides is 1. The minimum absolute atomic E-state index is 0.137. The van der Waals surface area contributed by atoms with Crippen LogP contribution in [0.3, 0.4) is 0 Å². The van der Waals surface area contributed by atoms with E-state index in [0.717, 1.165) is 16.3 Å². The molecule has 0 spiro atoms. The Morgan fingerprint density at radius 1 is 1.38 bits per heavy atom. The summed E-state index contributed by atoms with van der Waals surface area (Å²) in [7, 11) is 0. The molecule has 3 rings (SSSR count). The highest BCUT2D eigenvalue weighted by molar-refractivity contribution is 8.01. The van der Waals surface area contributed by atoms with Gasteiger partial charge in [-0.3, -0.25) is 4.79 Å². The molecule has 3 nitrogen and oxygen atoms in total. The summed E-state index contributed by atoms with van der Waals surface area (Å²) in [5.74, 6) is 1.21. The van der Waals surface area contributed by atoms with E-state index in [1.165, 1.54) is 35.7 Å². The van der Waals surface area contributed by atoms with Gasteiger partial charge >= 0.3 is 0 Å². The Labute approximate surface area is 133 Å². The lowest BCUT2D eigenvalue weighted by molar-refractivity contribution is -0.119. The molecular weight excluding hydrogens is 300 g/mol. The molecule has 1 heterocycles. The summed E-state index contributed by atoms with van der Waals surface area (Å²) < 4.78 is 2.16. The number of para-hydroxylation sites is 1. The fourth-order valence-corrected chi connectivity index (χ4v) is 4.70. The Hall–Kier alpha value is -1.07. The summed E-state index contributed by atoms with van der Waals surface area (Å²) in [6, 6.07) is 8.46. The molecule has 0 saturated heterocycles. The standard InChI is InChI=1S/C16H20N2OS2/c1-11-6-2-3-7-12(11)17-15(19)10-20-16-18-13-8-4-5-9-14(13)21-16/h4-5,8-9,11-12H,2-3,6-7,10H2,1H3,(H,17,19)/t11-,12-/m1/s1. The van der Waals surface area contributed by atoms with Crippen LogP contribution in [0.25, 0.3) is 10.2 Å². The monoisotopic (exact) mass is 320 g/mol. The average Bonchev–Trinajstić information content (AvgIpc) is 2.90. The topological polar surface area (TPSA) is 42.0 Å². The van der Waals surface area contributed by atoms with Crippen LogP contribution >= 0.6 is 23.1 Å². The van der Waals surface area contributed by atoms with Gasteiger partial charge in [-0.15, -0.1) is 11.3 Å². The zero-order chi connectivity index (χ0) is 14.7. The maximum absolute atomic E-state index is 12.1. The van der Waals surface area contributed by atoms with Crippen LogP contribution in [0.4, 0.5) is 0 Å². The molecular formula is C16H20N2OS2. The van der Waals surface area contributed by atoms with E-state index in [1.54, 1.807) is 11.3 Å². The molecule has 112 valence electrons. The van der Waals surface area contributed by atoms with Crippen molar-refractivity contribution < 1.29 is 4.79 Å². The third-order valence-electron chi connectivity index (χ3n) is 4.06. The van der Waals surface area contributed by atoms with Crippen molar-refractivity contribution in [2.24, 2.45) is 5.92 Å². The number of benzene rings is 1. The summed E-state index contributed by atoms with van der Waals surface area (Å²) in [4.78, 5) is 16.6. The number of thioether (sulfide) groups is 1. The van der Waals surface area contributed by atoms with Gasteiger partial charge in [0.2, 0.25) is 5.91 Å². The largest absolute Gasteiger partial charge is 0.352 e. The maximum atomic E-state index is 12.1. The SMILES string of the molecule is C[C@@H]1CCCC[C@H]1NC(=O)CSc1nc2ccccc2s1. The van der Waals surface area contributed by atoms with Crippen molar-refractivity contribution in [2.45, 2.75) is 43.0 Å². The molecule has 2 aromatic rings. The van der Waals surface area contributed by atoms with Gasteiger partial charge in [-0.25, -0.2) is 4.98 Å². The van der Waals surface area contributed by atoms with Gasteiger partial charge in [0, 0.05) is 6.04 Å². The first-order valence-electron chi connectivity index (χ1n) is 7.50. The Balaban J connectivity index is 1.53. The fraction of sp³-hybridized carbons (Fsp3) is 0.500. The van der Waals surface area contributed by atoms with E-state index < -0.39 is 0 Å². The second kappa shape index (κ2) is 6.79. The quantitative estimate of drug-likeness (QED) is 0.863. The molecule has 1 fully saturated rings. The van der Waals surface area contributed by atoms with Crippen LogP contribution in [0.15, 0.2) is 28.6 Å². The Morgan fingerprint density at radius 3 is 3.00 bits per heavy atom. The van der Waals surface area contributed by atoms with Gasteiger partial charge in [-0.05, 0) is 30.9 Å². The molecule has 1 aliphatic rings. The first kappa shape index (κ1) is 14.9. The molecule has 2 atom stereocenters. The maximum Gasteiger partial charge on any atom is 0.230 e. The summed E-state index contributed by atoms with van der Waals surface area (Å²) in [5, 5.41) is 3.19. The number of thiazole rings is 1. The molecule has 1 aliphatic carbocycles. The van der Waals surface area contributed by atoms with E-state index >= 15 is 0 Å². The van der Waals surface area contributed by atoms with Gasteiger partial charge in [-0.2, -0.15) is 0 Å². The molecule has 0 aliphatic heterocycles. The molecule has 1 aromatic carbocycles. The van der Waals surface area contributed by atoms with E-state index in [-0.39, 0.29) is 5.91 Å². The fourth-order valence-electron chi connectivity index (χ4n) is 2.82. The predicted octanol–water partition coefficient (Wildman–Crippen LogP) is 4.08. The lowest BCUT2D eigenvalue weighted by atomic mass is 9.86. The molecule has 1 amide bonds. The van der Waals surface area contributed by atoms with Crippen molar-refractivity contribution in [3.05, 3.63) is 24.3 Å². The Morgan fingerprint density at radius 2 is 2.19 bits per heavy atom. The van der Waals surface area contributed by atoms with Crippen LogP contribution in [0.5, 0.6) is 0 Å². The van der Waals surface area contributed by atoms with Gasteiger partial charge in [0.05, 0.1) is 16.0 Å². The molecule has 1 saturated carbocycles. The average molecular weight is 320 g/mol. The smallest absolute Gasteiger partial charge is 0.230 e. The van der Waals surface area contributed by atoms with Gasteiger partial charge in [-0.1, -0.05) is 43.7 Å². The van der Waals surface area contributed by atoms with Crippen molar-refractivity contribution in [1.29, 1.82) is 0 Å². The third-order valence-corrected chi connectivity index (χ3v) is 6.24. The number of rotatable bonds is 4. The lowest BCUT2D eigenvalue weighted by Crippen LogP contribution is -2.41. The zero-order valence-corrected chi connectivity index (χ0v) is 13.8. The van der Waals surface area contributed by atoms with Gasteiger partial charge in [0.25, 0.3) is 0 Å². The normalized spacial score (nSPS) is 22.3. The van der Waals surface area contributed by atoms with Crippen molar-refractivity contribution in [2.75, 3.05) is 5.75 Å². The molecule has 1 N–H and O–H groups in total. The van der Waals surface area contributed by atoms with Gasteiger partial charge in [0.1, 0.15) is 0 Å². The number of hydrogen-bond donors (Lipinski definition) is 1. The second-order valence-electron chi connectivity index (χ2n) is 5.67. The van der Waals surface area contributed by atoms with Crippen LogP contribution in [0, 0.1) is 5.92 Å². The summed E-state index contributed by atoms with van der Waals surface area (Å²) in [5.41, 5.74) is 1.02. The number of aromatic nitrogens is 1. The number of fused-ring (bicyclic) bond motifs is 1. The van der Waals surface area contributed by atoms with E-state index in [0.29, 0.717) is 17.7 Å². The van der Waals surface area contributed by atoms with Gasteiger partial charge in [0.15, 0.2) is 4.34 Å². The lowest BCUT2D eigenvalue weighted by Gasteiger charge is -2.29. The van der Waals surface area contributed by atoms with Crippen LogP contribution in [-0.2, 0) is 4.79 Å². The highest BCUT2D eigenvalue weighted by Crippen LogP contribution is 2.29. The van der Waals surface area contributed by atoms with Crippen molar-refractivity contribution in [1.82, 2.24) is 10.3 Å². The molecule has 1 aromatic heterocycles. The first-order valence-corrected chi connectivity index (χ1v) is 9.30. The van der Waals surface area contributed by atoms with Crippen LogP contribution in [0.2, 0.25) is 0 Å². The van der Waals surface area contributed by atoms with Crippen LogP contribution < -0.4 is 5.32 Å². The van der Waals surface area contributed by atoms with E-state index in [4.69, 9.17) is 0 Å². The van der Waals surface area contributed by atoms with Crippen LogP contribution in [-0.4, -0.2) is 22.7 Å². The first-order chi connectivity index (χ1) is 10.2. The molecule has 0 bridgehead atoms. The minimum Gasteiger partial charge on any atom is -0.352 e. The summed E-state index contributed by atoms with van der Waals surface area (Å²) in [6.07, 6.45) is 4.89. The number of hydrogen-bond acceptors (Lipinski definition) is 4.